The lowest BCUT2D eigenvalue weighted by Gasteiger charge is -2.30. The standard InChI is InChI=1S/C8H19NO4S/c1-6(2)7(14(11,12)13)9-8(3,4)5-10/h6-7,9-10H,5H2,1-4H3,(H,11,12,13). The van der Waals surface area contributed by atoms with Crippen LogP contribution in [-0.4, -0.2) is 35.6 Å². The highest BCUT2D eigenvalue weighted by atomic mass is 32.2. The van der Waals surface area contributed by atoms with Crippen LogP contribution in [0.5, 0.6) is 0 Å². The minimum absolute atomic E-state index is 0.203. The van der Waals surface area contributed by atoms with Gasteiger partial charge in [-0.05, 0) is 19.8 Å². The van der Waals surface area contributed by atoms with Crippen molar-refractivity contribution >= 4 is 10.1 Å². The fraction of sp³-hybridized carbons (Fsp3) is 1.00. The van der Waals surface area contributed by atoms with Crippen LogP contribution in [0.2, 0.25) is 0 Å². The van der Waals surface area contributed by atoms with Gasteiger partial charge in [0.15, 0.2) is 0 Å². The maximum absolute atomic E-state index is 11.0. The SMILES string of the molecule is CC(C)C(NC(C)(C)CO)S(=O)(=O)O. The molecule has 1 atom stereocenters. The second-order valence-electron chi connectivity index (χ2n) is 4.37. The highest BCUT2D eigenvalue weighted by Gasteiger charge is 2.31. The van der Waals surface area contributed by atoms with Crippen LogP contribution >= 0.6 is 0 Å². The zero-order valence-electron chi connectivity index (χ0n) is 8.98. The Kier molecular flexibility index (Phi) is 4.51. The molecule has 86 valence electrons. The molecule has 0 aliphatic rings. The summed E-state index contributed by atoms with van der Waals surface area (Å²) in [7, 11) is -4.13. The summed E-state index contributed by atoms with van der Waals surface area (Å²) in [6.07, 6.45) is 0. The lowest BCUT2D eigenvalue weighted by molar-refractivity contribution is 0.176. The third-order valence-electron chi connectivity index (χ3n) is 1.85. The number of hydrogen-bond donors (Lipinski definition) is 3. The molecule has 3 N–H and O–H groups in total. The Morgan fingerprint density at radius 3 is 2.00 bits per heavy atom. The first kappa shape index (κ1) is 13.8. The van der Waals surface area contributed by atoms with Gasteiger partial charge in [-0.2, -0.15) is 8.42 Å². The van der Waals surface area contributed by atoms with E-state index in [-0.39, 0.29) is 12.5 Å². The fourth-order valence-corrected chi connectivity index (χ4v) is 2.17. The first-order chi connectivity index (χ1) is 6.10. The molecule has 1 unspecified atom stereocenters. The summed E-state index contributed by atoms with van der Waals surface area (Å²) in [4.78, 5) is 0. The second-order valence-corrected chi connectivity index (χ2v) is 5.90. The second kappa shape index (κ2) is 4.57. The van der Waals surface area contributed by atoms with Crippen LogP contribution in [0.15, 0.2) is 0 Å². The molecule has 0 saturated heterocycles. The van der Waals surface area contributed by atoms with Gasteiger partial charge in [-0.25, -0.2) is 0 Å². The van der Waals surface area contributed by atoms with E-state index in [1.165, 1.54) is 0 Å². The number of nitrogens with one attached hydrogen (secondary N) is 1. The van der Waals surface area contributed by atoms with Gasteiger partial charge in [0, 0.05) is 5.54 Å². The molecule has 0 aromatic carbocycles. The number of rotatable bonds is 5. The van der Waals surface area contributed by atoms with Gasteiger partial charge < -0.3 is 5.11 Å². The Labute approximate surface area is 85.3 Å². The van der Waals surface area contributed by atoms with E-state index in [9.17, 15) is 8.42 Å². The van der Waals surface area contributed by atoms with Crippen LogP contribution in [0.3, 0.4) is 0 Å². The minimum Gasteiger partial charge on any atom is -0.394 e. The van der Waals surface area contributed by atoms with E-state index < -0.39 is 21.0 Å². The van der Waals surface area contributed by atoms with E-state index in [1.807, 2.05) is 0 Å². The van der Waals surface area contributed by atoms with E-state index in [0.717, 1.165) is 0 Å². The third kappa shape index (κ3) is 4.36. The maximum atomic E-state index is 11.0. The van der Waals surface area contributed by atoms with Crippen molar-refractivity contribution in [2.45, 2.75) is 38.6 Å². The number of aliphatic hydroxyl groups excluding tert-OH is 1. The monoisotopic (exact) mass is 225 g/mol. The van der Waals surface area contributed by atoms with E-state index in [1.54, 1.807) is 27.7 Å². The highest BCUT2D eigenvalue weighted by molar-refractivity contribution is 7.86. The third-order valence-corrected chi connectivity index (χ3v) is 3.16. The molecule has 0 rings (SSSR count). The molecule has 0 saturated carbocycles. The van der Waals surface area contributed by atoms with Crippen LogP contribution < -0.4 is 5.32 Å². The molecule has 0 spiro atoms. The van der Waals surface area contributed by atoms with Gasteiger partial charge in [-0.1, -0.05) is 13.8 Å². The van der Waals surface area contributed by atoms with Crippen LogP contribution in [0.25, 0.3) is 0 Å². The smallest absolute Gasteiger partial charge is 0.281 e. The Hall–Kier alpha value is -0.170. The molecule has 14 heavy (non-hydrogen) atoms. The quantitative estimate of drug-likeness (QED) is 0.583. The van der Waals surface area contributed by atoms with Gasteiger partial charge in [-0.15, -0.1) is 0 Å². The average molecular weight is 225 g/mol. The largest absolute Gasteiger partial charge is 0.394 e. The molecule has 0 bridgehead atoms. The summed E-state index contributed by atoms with van der Waals surface area (Å²) < 4.78 is 30.9. The zero-order chi connectivity index (χ0) is 11.6. The van der Waals surface area contributed by atoms with Gasteiger partial charge in [0.2, 0.25) is 0 Å². The molecule has 0 aliphatic heterocycles. The maximum Gasteiger partial charge on any atom is 0.281 e. The van der Waals surface area contributed by atoms with E-state index in [2.05, 4.69) is 5.32 Å². The minimum atomic E-state index is -4.13. The van der Waals surface area contributed by atoms with Crippen molar-refractivity contribution in [1.82, 2.24) is 5.32 Å². The molecule has 5 nitrogen and oxygen atoms in total. The fourth-order valence-electron chi connectivity index (χ4n) is 1.02. The lowest BCUT2D eigenvalue weighted by atomic mass is 10.1. The Morgan fingerprint density at radius 2 is 1.79 bits per heavy atom. The van der Waals surface area contributed by atoms with E-state index in [4.69, 9.17) is 9.66 Å². The highest BCUT2D eigenvalue weighted by Crippen LogP contribution is 2.13. The predicted molar refractivity (Wildman–Crippen MR) is 54.5 cm³/mol. The van der Waals surface area contributed by atoms with Crippen LogP contribution in [0, 0.1) is 5.92 Å². The first-order valence-corrected chi connectivity index (χ1v) is 5.95. The molecule has 0 aromatic rings. The summed E-state index contributed by atoms with van der Waals surface area (Å²) in [5.41, 5.74) is -0.731. The van der Waals surface area contributed by atoms with Gasteiger partial charge in [0.05, 0.1) is 6.61 Å². The van der Waals surface area contributed by atoms with E-state index >= 15 is 0 Å². The molecule has 6 heteroatoms. The summed E-state index contributed by atoms with van der Waals surface area (Å²) in [5, 5.41) is 10.6. The zero-order valence-corrected chi connectivity index (χ0v) is 9.80. The molecule has 0 aromatic heterocycles. The summed E-state index contributed by atoms with van der Waals surface area (Å²) >= 11 is 0. The van der Waals surface area contributed by atoms with Crippen LogP contribution in [0.1, 0.15) is 27.7 Å². The number of aliphatic hydroxyl groups is 1. The van der Waals surface area contributed by atoms with Crippen molar-refractivity contribution in [2.75, 3.05) is 6.61 Å². The van der Waals surface area contributed by atoms with Crippen LogP contribution in [0.4, 0.5) is 0 Å². The van der Waals surface area contributed by atoms with Gasteiger partial charge in [-0.3, -0.25) is 9.87 Å². The molecule has 0 amide bonds. The predicted octanol–water partition coefficient (Wildman–Crippen LogP) is 0.217. The van der Waals surface area contributed by atoms with Crippen molar-refractivity contribution in [3.63, 3.8) is 0 Å². The Bertz CT molecular complexity index is 271. The van der Waals surface area contributed by atoms with E-state index in [0.29, 0.717) is 0 Å². The Morgan fingerprint density at radius 1 is 1.36 bits per heavy atom. The normalized spacial score (nSPS) is 15.9. The molecular formula is C8H19NO4S. The summed E-state index contributed by atoms with van der Waals surface area (Å²) in [6.45, 7) is 6.48. The van der Waals surface area contributed by atoms with Gasteiger partial charge >= 0.3 is 0 Å². The Balaban J connectivity index is 4.73. The van der Waals surface area contributed by atoms with Crippen LogP contribution in [-0.2, 0) is 10.1 Å². The molecule has 0 heterocycles. The molecular weight excluding hydrogens is 206 g/mol. The number of hydrogen-bond acceptors (Lipinski definition) is 4. The van der Waals surface area contributed by atoms with Crippen molar-refractivity contribution in [2.24, 2.45) is 5.92 Å². The average Bonchev–Trinajstić information content (AvgIpc) is 1.98. The van der Waals surface area contributed by atoms with Gasteiger partial charge in [0.25, 0.3) is 10.1 Å². The molecule has 0 radical (unpaired) electrons. The topological polar surface area (TPSA) is 86.6 Å². The van der Waals surface area contributed by atoms with Gasteiger partial charge in [0.1, 0.15) is 5.37 Å². The van der Waals surface area contributed by atoms with Crippen molar-refractivity contribution in [3.8, 4) is 0 Å². The van der Waals surface area contributed by atoms with Crippen molar-refractivity contribution in [1.29, 1.82) is 0 Å². The first-order valence-electron chi connectivity index (χ1n) is 4.45. The van der Waals surface area contributed by atoms with Crippen molar-refractivity contribution < 1.29 is 18.1 Å². The summed E-state index contributed by atoms with van der Waals surface area (Å²) in [5.74, 6) is -0.268. The molecule has 0 fully saturated rings. The lowest BCUT2D eigenvalue weighted by Crippen LogP contribution is -2.53. The summed E-state index contributed by atoms with van der Waals surface area (Å²) in [6, 6.07) is 0. The van der Waals surface area contributed by atoms with Crippen molar-refractivity contribution in [3.05, 3.63) is 0 Å². The molecule has 0 aliphatic carbocycles.